The predicted molar refractivity (Wildman–Crippen MR) is 160 cm³/mol. The van der Waals surface area contributed by atoms with Gasteiger partial charge in [-0.15, -0.1) is 0 Å². The van der Waals surface area contributed by atoms with Crippen molar-refractivity contribution >= 4 is 23.9 Å². The van der Waals surface area contributed by atoms with Gasteiger partial charge in [0.15, 0.2) is 0 Å². The van der Waals surface area contributed by atoms with Crippen molar-refractivity contribution in [3.8, 4) is 0 Å². The first-order chi connectivity index (χ1) is 20.1. The van der Waals surface area contributed by atoms with Crippen molar-refractivity contribution in [3.05, 3.63) is 71.8 Å². The summed E-state index contributed by atoms with van der Waals surface area (Å²) >= 11 is 0. The zero-order valence-corrected chi connectivity index (χ0v) is 24.8. The molecule has 6 N–H and O–H groups in total. The molecule has 0 saturated carbocycles. The number of nitrogens with two attached hydrogens (primary N) is 1. The van der Waals surface area contributed by atoms with Crippen LogP contribution in [-0.4, -0.2) is 71.8 Å². The number of carbonyl (C=O) groups excluding carboxylic acids is 4. The molecule has 0 spiro atoms. The molecule has 3 atom stereocenters. The maximum atomic E-state index is 13.4. The third-order valence-corrected chi connectivity index (χ3v) is 6.45. The molecule has 2 aromatic carbocycles. The Kier molecular flexibility index (Phi) is 14.9. The van der Waals surface area contributed by atoms with Gasteiger partial charge in [-0.1, -0.05) is 87.9 Å². The monoisotopic (exact) mass is 583 g/mol. The minimum Gasteiger partial charge on any atom is -0.445 e. The zero-order valence-electron chi connectivity index (χ0n) is 24.8. The Morgan fingerprint density at radius 3 is 2.14 bits per heavy atom. The fourth-order valence-electron chi connectivity index (χ4n) is 4.13. The number of alkyl carbamates (subject to hydrolysis) is 1. The number of rotatable bonds is 17. The molecular formula is C31H45N5O6. The molecule has 11 heteroatoms. The van der Waals surface area contributed by atoms with Crippen LogP contribution in [0.15, 0.2) is 60.7 Å². The Labute approximate surface area is 248 Å². The SMILES string of the molecule is CCCCN(C[C@@H](O)[C@H](Cc1ccccc1)NC(=O)[C@H](CC(N)=O)NC(=O)OCc1ccccc1)C(=O)NCC(C)C. The quantitative estimate of drug-likeness (QED) is 0.192. The Morgan fingerprint density at radius 2 is 1.57 bits per heavy atom. The van der Waals surface area contributed by atoms with Crippen molar-refractivity contribution in [2.75, 3.05) is 19.6 Å². The Bertz CT molecular complexity index is 1120. The van der Waals surface area contributed by atoms with Gasteiger partial charge >= 0.3 is 12.1 Å². The maximum Gasteiger partial charge on any atom is 0.408 e. The normalized spacial score (nSPS) is 13.0. The molecule has 11 nitrogen and oxygen atoms in total. The molecular weight excluding hydrogens is 538 g/mol. The second-order valence-corrected chi connectivity index (χ2v) is 10.7. The number of hydrogen-bond donors (Lipinski definition) is 5. The summed E-state index contributed by atoms with van der Waals surface area (Å²) in [6.45, 7) is 6.85. The average Bonchev–Trinajstić information content (AvgIpc) is 2.96. The third-order valence-electron chi connectivity index (χ3n) is 6.45. The smallest absolute Gasteiger partial charge is 0.408 e. The van der Waals surface area contributed by atoms with E-state index in [1.54, 1.807) is 29.2 Å². The molecule has 0 aromatic heterocycles. The van der Waals surface area contributed by atoms with E-state index in [0.29, 0.717) is 13.1 Å². The molecule has 0 saturated heterocycles. The lowest BCUT2D eigenvalue weighted by Gasteiger charge is -2.31. The van der Waals surface area contributed by atoms with Crippen LogP contribution in [0.2, 0.25) is 0 Å². The second kappa shape index (κ2) is 18.3. The lowest BCUT2D eigenvalue weighted by Crippen LogP contribution is -2.56. The number of nitrogens with one attached hydrogen (secondary N) is 3. The van der Waals surface area contributed by atoms with Crippen LogP contribution < -0.4 is 21.7 Å². The molecule has 2 aromatic rings. The molecule has 5 amide bonds. The molecule has 0 fully saturated rings. The van der Waals surface area contributed by atoms with Crippen molar-refractivity contribution in [2.24, 2.45) is 11.7 Å². The van der Waals surface area contributed by atoms with Gasteiger partial charge in [-0.2, -0.15) is 0 Å². The Hall–Kier alpha value is -4.12. The molecule has 0 aliphatic heterocycles. The number of hydrogen-bond acceptors (Lipinski definition) is 6. The number of aliphatic hydroxyl groups excluding tert-OH is 1. The summed E-state index contributed by atoms with van der Waals surface area (Å²) in [6.07, 6.45) is -0.684. The van der Waals surface area contributed by atoms with Gasteiger partial charge in [0.05, 0.1) is 25.1 Å². The van der Waals surface area contributed by atoms with Gasteiger partial charge in [0.2, 0.25) is 11.8 Å². The summed E-state index contributed by atoms with van der Waals surface area (Å²) in [6, 6.07) is 15.8. The lowest BCUT2D eigenvalue weighted by molar-refractivity contribution is -0.128. The van der Waals surface area contributed by atoms with Crippen molar-refractivity contribution in [3.63, 3.8) is 0 Å². The van der Waals surface area contributed by atoms with Crippen LogP contribution in [0.1, 0.15) is 51.2 Å². The van der Waals surface area contributed by atoms with Gasteiger partial charge in [0.25, 0.3) is 0 Å². The van der Waals surface area contributed by atoms with E-state index in [2.05, 4.69) is 16.0 Å². The fourth-order valence-corrected chi connectivity index (χ4v) is 4.13. The number of primary amides is 1. The molecule has 0 bridgehead atoms. The summed E-state index contributed by atoms with van der Waals surface area (Å²) in [5.41, 5.74) is 6.96. The molecule has 0 heterocycles. The Morgan fingerprint density at radius 1 is 0.952 bits per heavy atom. The lowest BCUT2D eigenvalue weighted by atomic mass is 9.99. The van der Waals surface area contributed by atoms with Crippen LogP contribution in [0.5, 0.6) is 0 Å². The first-order valence-corrected chi connectivity index (χ1v) is 14.4. The first-order valence-electron chi connectivity index (χ1n) is 14.4. The summed E-state index contributed by atoms with van der Waals surface area (Å²) in [5, 5.41) is 19.4. The summed E-state index contributed by atoms with van der Waals surface area (Å²) in [7, 11) is 0. The first kappa shape index (κ1) is 34.1. The van der Waals surface area contributed by atoms with Crippen LogP contribution in [0.3, 0.4) is 0 Å². The van der Waals surface area contributed by atoms with Gasteiger partial charge in [0, 0.05) is 13.1 Å². The predicted octanol–water partition coefficient (Wildman–Crippen LogP) is 2.71. The molecule has 2 rings (SSSR count). The van der Waals surface area contributed by atoms with Gasteiger partial charge in [0.1, 0.15) is 12.6 Å². The van der Waals surface area contributed by atoms with Crippen LogP contribution in [0, 0.1) is 5.92 Å². The number of amides is 5. The van der Waals surface area contributed by atoms with Crippen molar-refractivity contribution in [1.29, 1.82) is 0 Å². The molecule has 0 aliphatic rings. The summed E-state index contributed by atoms with van der Waals surface area (Å²) in [4.78, 5) is 52.1. The van der Waals surface area contributed by atoms with E-state index in [0.717, 1.165) is 24.0 Å². The number of carbonyl (C=O) groups is 4. The van der Waals surface area contributed by atoms with Crippen LogP contribution in [0.25, 0.3) is 0 Å². The van der Waals surface area contributed by atoms with Crippen LogP contribution in [-0.2, 0) is 27.4 Å². The highest BCUT2D eigenvalue weighted by Gasteiger charge is 2.30. The largest absolute Gasteiger partial charge is 0.445 e. The highest BCUT2D eigenvalue weighted by Crippen LogP contribution is 2.11. The van der Waals surface area contributed by atoms with E-state index in [1.165, 1.54) is 0 Å². The maximum absolute atomic E-state index is 13.4. The number of urea groups is 1. The summed E-state index contributed by atoms with van der Waals surface area (Å²) in [5.74, 6) is -1.26. The molecule has 42 heavy (non-hydrogen) atoms. The highest BCUT2D eigenvalue weighted by atomic mass is 16.5. The second-order valence-electron chi connectivity index (χ2n) is 10.7. The van der Waals surface area contributed by atoms with Gasteiger partial charge in [-0.05, 0) is 29.9 Å². The van der Waals surface area contributed by atoms with E-state index in [9.17, 15) is 24.3 Å². The molecule has 0 aliphatic carbocycles. The van der Waals surface area contributed by atoms with Crippen molar-refractivity contribution in [1.82, 2.24) is 20.9 Å². The summed E-state index contributed by atoms with van der Waals surface area (Å²) < 4.78 is 5.21. The standard InChI is InChI=1S/C31H45N5O6/c1-4-5-16-36(30(40)33-19-22(2)3)20-27(37)25(17-23-12-8-6-9-13-23)34-29(39)26(18-28(32)38)35-31(41)42-21-24-14-10-7-11-15-24/h6-15,22,25-27,37H,4-5,16-21H2,1-3H3,(H2,32,38)(H,33,40)(H,34,39)(H,35,41)/t25-,26-,27+/m0/s1. The van der Waals surface area contributed by atoms with Crippen molar-refractivity contribution < 1.29 is 29.0 Å². The van der Waals surface area contributed by atoms with Gasteiger partial charge < -0.3 is 36.4 Å². The van der Waals surface area contributed by atoms with Crippen molar-refractivity contribution in [2.45, 2.75) is 71.2 Å². The minimum atomic E-state index is -1.33. The fraction of sp³-hybridized carbons (Fsp3) is 0.484. The number of benzene rings is 2. The minimum absolute atomic E-state index is 0.0284. The molecule has 230 valence electrons. The highest BCUT2D eigenvalue weighted by molar-refractivity contribution is 5.90. The van der Waals surface area contributed by atoms with E-state index in [-0.39, 0.29) is 31.5 Å². The van der Waals surface area contributed by atoms with E-state index < -0.39 is 42.5 Å². The van der Waals surface area contributed by atoms with Crippen LogP contribution in [0.4, 0.5) is 9.59 Å². The van der Waals surface area contributed by atoms with E-state index >= 15 is 0 Å². The van der Waals surface area contributed by atoms with E-state index in [4.69, 9.17) is 10.5 Å². The number of aliphatic hydroxyl groups is 1. The van der Waals surface area contributed by atoms with E-state index in [1.807, 2.05) is 57.2 Å². The number of nitrogens with zero attached hydrogens (tertiary/aromatic N) is 1. The number of ether oxygens (including phenoxy) is 1. The van der Waals surface area contributed by atoms with Gasteiger partial charge in [-0.25, -0.2) is 9.59 Å². The Balaban J connectivity index is 2.18. The van der Waals surface area contributed by atoms with Crippen LogP contribution >= 0.6 is 0 Å². The topological polar surface area (TPSA) is 163 Å². The van der Waals surface area contributed by atoms with Gasteiger partial charge in [-0.3, -0.25) is 9.59 Å². The number of unbranched alkanes of at least 4 members (excludes halogenated alkanes) is 1. The third kappa shape index (κ3) is 13.0. The zero-order chi connectivity index (χ0) is 30.9. The average molecular weight is 584 g/mol. The molecule has 0 radical (unpaired) electrons. The molecule has 0 unspecified atom stereocenters.